The highest BCUT2D eigenvalue weighted by atomic mass is 32.2. The van der Waals surface area contributed by atoms with E-state index in [4.69, 9.17) is 9.47 Å². The predicted octanol–water partition coefficient (Wildman–Crippen LogP) is 1.49. The lowest BCUT2D eigenvalue weighted by molar-refractivity contribution is -0.113. The topological polar surface area (TPSA) is 120 Å². The number of hydrogen-bond acceptors (Lipinski definition) is 7. The summed E-state index contributed by atoms with van der Waals surface area (Å²) in [6, 6.07) is 5.22. The summed E-state index contributed by atoms with van der Waals surface area (Å²) in [4.78, 5) is 43.9. The Morgan fingerprint density at radius 2 is 1.90 bits per heavy atom. The van der Waals surface area contributed by atoms with E-state index < -0.39 is 11.2 Å². The molecule has 11 heteroatoms. The molecule has 0 fully saturated rings. The number of benzene rings is 1. The summed E-state index contributed by atoms with van der Waals surface area (Å²) < 4.78 is 13.3. The van der Waals surface area contributed by atoms with E-state index in [9.17, 15) is 14.4 Å². The highest BCUT2D eigenvalue weighted by molar-refractivity contribution is 7.99. The first-order valence-electron chi connectivity index (χ1n) is 9.33. The first-order valence-corrected chi connectivity index (χ1v) is 10.3. The third-order valence-electron chi connectivity index (χ3n) is 4.25. The minimum Gasteiger partial charge on any atom is -0.494 e. The number of anilines is 1. The zero-order valence-corrected chi connectivity index (χ0v) is 18.0. The number of H-pyrrole nitrogens is 1. The van der Waals surface area contributed by atoms with Gasteiger partial charge >= 0.3 is 5.69 Å². The normalized spacial score (nSPS) is 10.9. The Kier molecular flexibility index (Phi) is 6.50. The number of nitrogens with one attached hydrogen (secondary N) is 2. The minimum absolute atomic E-state index is 0.0402. The first kappa shape index (κ1) is 21.5. The first-order chi connectivity index (χ1) is 14.3. The molecular formula is C19H23N5O5S. The van der Waals surface area contributed by atoms with E-state index in [1.165, 1.54) is 18.7 Å². The molecule has 3 rings (SSSR count). The van der Waals surface area contributed by atoms with Gasteiger partial charge in [-0.05, 0) is 26.0 Å². The summed E-state index contributed by atoms with van der Waals surface area (Å²) in [5.74, 6) is 0.926. The Bertz CT molecular complexity index is 1200. The third-order valence-corrected chi connectivity index (χ3v) is 5.12. The molecule has 0 radical (unpaired) electrons. The van der Waals surface area contributed by atoms with E-state index in [1.807, 2.05) is 13.8 Å². The van der Waals surface area contributed by atoms with Crippen molar-refractivity contribution in [1.82, 2.24) is 19.1 Å². The molecule has 0 saturated carbocycles. The van der Waals surface area contributed by atoms with Crippen LogP contribution >= 0.6 is 11.8 Å². The fraction of sp³-hybridized carbons (Fsp3) is 0.368. The van der Waals surface area contributed by atoms with Gasteiger partial charge in [0.05, 0.1) is 24.7 Å². The number of aromatic nitrogens is 4. The molecule has 30 heavy (non-hydrogen) atoms. The maximum Gasteiger partial charge on any atom is 0.332 e. The van der Waals surface area contributed by atoms with Gasteiger partial charge in [0.15, 0.2) is 16.3 Å². The molecule has 0 spiro atoms. The smallest absolute Gasteiger partial charge is 0.332 e. The van der Waals surface area contributed by atoms with Crippen LogP contribution in [0.4, 0.5) is 5.69 Å². The summed E-state index contributed by atoms with van der Waals surface area (Å²) in [5.41, 5.74) is 0.0332. The molecule has 2 N–H and O–H groups in total. The number of carbonyl (C=O) groups excluding carboxylic acids is 1. The highest BCUT2D eigenvalue weighted by Crippen LogP contribution is 2.30. The van der Waals surface area contributed by atoms with Crippen LogP contribution in [0.2, 0.25) is 0 Å². The van der Waals surface area contributed by atoms with E-state index in [-0.39, 0.29) is 22.8 Å². The van der Waals surface area contributed by atoms with Crippen LogP contribution in [0.1, 0.15) is 13.8 Å². The van der Waals surface area contributed by atoms with Gasteiger partial charge in [-0.2, -0.15) is 0 Å². The molecule has 0 saturated heterocycles. The van der Waals surface area contributed by atoms with Gasteiger partial charge in [-0.1, -0.05) is 11.8 Å². The molecule has 10 nitrogen and oxygen atoms in total. The second-order valence-corrected chi connectivity index (χ2v) is 7.27. The van der Waals surface area contributed by atoms with Crippen LogP contribution in [0.3, 0.4) is 0 Å². The average molecular weight is 433 g/mol. The lowest BCUT2D eigenvalue weighted by atomic mass is 10.2. The van der Waals surface area contributed by atoms with Crippen molar-refractivity contribution >= 4 is 34.5 Å². The van der Waals surface area contributed by atoms with Crippen LogP contribution in [0, 0.1) is 0 Å². The summed E-state index contributed by atoms with van der Waals surface area (Å²) in [6.07, 6.45) is 0. The van der Waals surface area contributed by atoms with Crippen LogP contribution in [0.15, 0.2) is 32.9 Å². The monoisotopic (exact) mass is 433 g/mol. The molecule has 1 aromatic carbocycles. The molecule has 1 amide bonds. The zero-order valence-electron chi connectivity index (χ0n) is 17.1. The molecule has 160 valence electrons. The van der Waals surface area contributed by atoms with Crippen LogP contribution < -0.4 is 26.0 Å². The summed E-state index contributed by atoms with van der Waals surface area (Å²) in [6.45, 7) is 4.70. The molecule has 0 aliphatic rings. The van der Waals surface area contributed by atoms with Gasteiger partial charge in [0.25, 0.3) is 5.56 Å². The number of nitrogens with zero attached hydrogens (tertiary/aromatic N) is 3. The van der Waals surface area contributed by atoms with Crippen molar-refractivity contribution in [3.63, 3.8) is 0 Å². The van der Waals surface area contributed by atoms with Crippen molar-refractivity contribution in [2.45, 2.75) is 19.0 Å². The van der Waals surface area contributed by atoms with Crippen molar-refractivity contribution in [2.24, 2.45) is 14.1 Å². The van der Waals surface area contributed by atoms with Gasteiger partial charge in [0.1, 0.15) is 11.5 Å². The Balaban J connectivity index is 1.76. The number of aryl methyl sites for hydroxylation is 1. The highest BCUT2D eigenvalue weighted by Gasteiger charge is 2.15. The van der Waals surface area contributed by atoms with Gasteiger partial charge in [0, 0.05) is 20.2 Å². The van der Waals surface area contributed by atoms with Crippen LogP contribution in [-0.2, 0) is 18.9 Å². The summed E-state index contributed by atoms with van der Waals surface area (Å²) >= 11 is 1.12. The van der Waals surface area contributed by atoms with Gasteiger partial charge in [-0.15, -0.1) is 0 Å². The van der Waals surface area contributed by atoms with E-state index in [1.54, 1.807) is 18.2 Å². The number of aromatic amines is 1. The van der Waals surface area contributed by atoms with Gasteiger partial charge < -0.3 is 19.8 Å². The van der Waals surface area contributed by atoms with Gasteiger partial charge in [-0.25, -0.2) is 9.78 Å². The Hall–Kier alpha value is -3.21. The average Bonchev–Trinajstić information content (AvgIpc) is 3.16. The van der Waals surface area contributed by atoms with Crippen LogP contribution in [0.5, 0.6) is 11.5 Å². The molecule has 0 atom stereocenters. The second kappa shape index (κ2) is 9.08. The third kappa shape index (κ3) is 4.35. The molecule has 0 bridgehead atoms. The number of carbonyl (C=O) groups is 1. The van der Waals surface area contributed by atoms with Crippen molar-refractivity contribution in [3.05, 3.63) is 39.0 Å². The van der Waals surface area contributed by atoms with E-state index in [0.29, 0.717) is 35.6 Å². The molecule has 0 aliphatic carbocycles. The molecule has 0 unspecified atom stereocenters. The largest absolute Gasteiger partial charge is 0.494 e. The number of ether oxygens (including phenoxy) is 2. The van der Waals surface area contributed by atoms with Crippen molar-refractivity contribution in [3.8, 4) is 11.5 Å². The number of fused-ring (bicyclic) bond motifs is 1. The standard InChI is InChI=1S/C19H23N5O5S/c1-5-28-11-7-8-13(29-6-2)12(9-11)20-14(25)10-30-18-21-15-16(22-18)23(3)19(27)24(4)17(15)26/h7-9H,5-6,10H2,1-4H3,(H,20,25)(H,21,22). The molecule has 3 aromatic rings. The number of imidazole rings is 1. The van der Waals surface area contributed by atoms with Crippen molar-refractivity contribution < 1.29 is 14.3 Å². The Morgan fingerprint density at radius 3 is 2.60 bits per heavy atom. The van der Waals surface area contributed by atoms with Crippen LogP contribution in [0.25, 0.3) is 11.2 Å². The fourth-order valence-electron chi connectivity index (χ4n) is 2.84. The number of rotatable bonds is 8. The number of hydrogen-bond donors (Lipinski definition) is 2. The lowest BCUT2D eigenvalue weighted by Gasteiger charge is -2.13. The molecule has 0 aliphatic heterocycles. The van der Waals surface area contributed by atoms with Crippen molar-refractivity contribution in [2.75, 3.05) is 24.3 Å². The lowest BCUT2D eigenvalue weighted by Crippen LogP contribution is -2.36. The molecule has 2 aromatic heterocycles. The summed E-state index contributed by atoms with van der Waals surface area (Å²) in [7, 11) is 2.93. The van der Waals surface area contributed by atoms with E-state index in [2.05, 4.69) is 15.3 Å². The maximum absolute atomic E-state index is 12.5. The van der Waals surface area contributed by atoms with E-state index in [0.717, 1.165) is 16.3 Å². The summed E-state index contributed by atoms with van der Waals surface area (Å²) in [5, 5.41) is 3.18. The maximum atomic E-state index is 12.5. The Morgan fingerprint density at radius 1 is 1.17 bits per heavy atom. The fourth-order valence-corrected chi connectivity index (χ4v) is 3.50. The predicted molar refractivity (Wildman–Crippen MR) is 115 cm³/mol. The van der Waals surface area contributed by atoms with Gasteiger partial charge in [0.2, 0.25) is 5.91 Å². The molecule has 2 heterocycles. The molecular weight excluding hydrogens is 410 g/mol. The SMILES string of the molecule is CCOc1ccc(OCC)c(NC(=O)CSc2nc3c([nH]2)c(=O)n(C)c(=O)n3C)c1. The number of amides is 1. The second-order valence-electron chi connectivity index (χ2n) is 6.31. The van der Waals surface area contributed by atoms with Gasteiger partial charge in [-0.3, -0.25) is 18.7 Å². The zero-order chi connectivity index (χ0) is 21.8. The quantitative estimate of drug-likeness (QED) is 0.516. The van der Waals surface area contributed by atoms with E-state index >= 15 is 0 Å². The minimum atomic E-state index is -0.467. The van der Waals surface area contributed by atoms with Crippen molar-refractivity contribution in [1.29, 1.82) is 0 Å². The Labute approximate surface area is 176 Å². The number of thioether (sulfide) groups is 1. The van der Waals surface area contributed by atoms with Crippen LogP contribution in [-0.4, -0.2) is 44.0 Å².